The standard InChI is InChI=1S/C25H24N2Si.C13H11B/c1-2-10-21-11-9-16-24(19-21)28-25(27-18-17-26-20-27,22-12-5-3-6-13-22)23-14-7-4-8-15-23;14-13(11-7-3-1-4-8-11)12-9-5-2-6-10-12/h3-9,11-20H,2,10H2,1H3;1-10,13H. The van der Waals surface area contributed by atoms with Crippen LogP contribution < -0.4 is 5.19 Å². The molecule has 42 heavy (non-hydrogen) atoms. The Kier molecular flexibility index (Phi) is 10.0. The molecule has 0 amide bonds. The van der Waals surface area contributed by atoms with Gasteiger partial charge in [-0.25, -0.2) is 4.98 Å². The van der Waals surface area contributed by atoms with E-state index in [0.29, 0.717) is 9.52 Å². The molecule has 4 heteroatoms. The average molecular weight is 559 g/mol. The first-order valence-electron chi connectivity index (χ1n) is 14.5. The Morgan fingerprint density at radius 2 is 1.21 bits per heavy atom. The van der Waals surface area contributed by atoms with E-state index >= 15 is 0 Å². The Morgan fingerprint density at radius 3 is 1.69 bits per heavy atom. The second-order valence-electron chi connectivity index (χ2n) is 10.3. The van der Waals surface area contributed by atoms with E-state index in [4.69, 9.17) is 7.85 Å². The van der Waals surface area contributed by atoms with Crippen LogP contribution in [0.4, 0.5) is 0 Å². The summed E-state index contributed by atoms with van der Waals surface area (Å²) < 4.78 is 2.27. The van der Waals surface area contributed by atoms with Gasteiger partial charge in [0.2, 0.25) is 0 Å². The summed E-state index contributed by atoms with van der Waals surface area (Å²) in [5.41, 5.74) is 6.27. The zero-order valence-electron chi connectivity index (χ0n) is 24.1. The zero-order chi connectivity index (χ0) is 29.0. The lowest BCUT2D eigenvalue weighted by molar-refractivity contribution is 0.596. The Balaban J connectivity index is 0.000000211. The van der Waals surface area contributed by atoms with Crippen molar-refractivity contribution in [2.24, 2.45) is 0 Å². The predicted molar refractivity (Wildman–Crippen MR) is 178 cm³/mol. The molecule has 0 N–H and O–H groups in total. The molecular weight excluding hydrogens is 523 g/mol. The highest BCUT2D eigenvalue weighted by Gasteiger charge is 2.37. The molecule has 0 fully saturated rings. The molecule has 0 aliphatic heterocycles. The van der Waals surface area contributed by atoms with Crippen molar-refractivity contribution in [3.05, 3.63) is 192 Å². The van der Waals surface area contributed by atoms with Crippen LogP contribution in [0.2, 0.25) is 0 Å². The number of rotatable bonds is 9. The van der Waals surface area contributed by atoms with Gasteiger partial charge < -0.3 is 4.57 Å². The molecule has 0 bridgehead atoms. The lowest BCUT2D eigenvalue weighted by Crippen LogP contribution is -2.46. The van der Waals surface area contributed by atoms with Crippen molar-refractivity contribution in [1.82, 2.24) is 9.55 Å². The van der Waals surface area contributed by atoms with Crippen molar-refractivity contribution in [2.75, 3.05) is 0 Å². The van der Waals surface area contributed by atoms with Crippen molar-refractivity contribution in [2.45, 2.75) is 30.7 Å². The Morgan fingerprint density at radius 1 is 0.690 bits per heavy atom. The molecule has 4 radical (unpaired) electrons. The molecule has 0 spiro atoms. The van der Waals surface area contributed by atoms with Gasteiger partial charge in [-0.3, -0.25) is 0 Å². The number of nitrogens with zero attached hydrogens (tertiary/aromatic N) is 2. The van der Waals surface area contributed by atoms with Crippen LogP contribution in [0.25, 0.3) is 0 Å². The van der Waals surface area contributed by atoms with Crippen LogP contribution in [-0.4, -0.2) is 26.9 Å². The van der Waals surface area contributed by atoms with Crippen molar-refractivity contribution in [3.63, 3.8) is 0 Å². The Labute approximate surface area is 254 Å². The minimum Gasteiger partial charge on any atom is -0.326 e. The molecule has 0 aliphatic rings. The summed E-state index contributed by atoms with van der Waals surface area (Å²) in [4.78, 5) is 4.40. The maximum absolute atomic E-state index is 6.12. The highest BCUT2D eigenvalue weighted by molar-refractivity contribution is 6.57. The second-order valence-corrected chi connectivity index (χ2v) is 11.8. The van der Waals surface area contributed by atoms with E-state index in [9.17, 15) is 0 Å². The summed E-state index contributed by atoms with van der Waals surface area (Å²) in [6, 6.07) is 50.9. The molecule has 6 rings (SSSR count). The van der Waals surface area contributed by atoms with Gasteiger partial charge in [0.25, 0.3) is 0 Å². The number of aromatic nitrogens is 2. The third kappa shape index (κ3) is 6.90. The minimum absolute atomic E-state index is 0.0163. The monoisotopic (exact) mass is 558 g/mol. The summed E-state index contributed by atoms with van der Waals surface area (Å²) in [5, 5.41) is 1.05. The highest BCUT2D eigenvalue weighted by Crippen LogP contribution is 2.33. The predicted octanol–water partition coefficient (Wildman–Crippen LogP) is 7.56. The van der Waals surface area contributed by atoms with E-state index in [0.717, 1.165) is 24.0 Å². The van der Waals surface area contributed by atoms with Crippen molar-refractivity contribution in [1.29, 1.82) is 0 Å². The van der Waals surface area contributed by atoms with Crippen LogP contribution >= 0.6 is 0 Å². The van der Waals surface area contributed by atoms with Crippen LogP contribution in [0.5, 0.6) is 0 Å². The normalized spacial score (nSPS) is 11.1. The van der Waals surface area contributed by atoms with Gasteiger partial charge in [-0.15, -0.1) is 0 Å². The van der Waals surface area contributed by atoms with Crippen molar-refractivity contribution in [3.8, 4) is 0 Å². The van der Waals surface area contributed by atoms with E-state index in [-0.39, 0.29) is 11.0 Å². The maximum atomic E-state index is 6.12. The fourth-order valence-electron chi connectivity index (χ4n) is 5.31. The summed E-state index contributed by atoms with van der Waals surface area (Å²) in [7, 11) is 6.66. The van der Waals surface area contributed by atoms with Gasteiger partial charge in [0, 0.05) is 12.4 Å². The maximum Gasteiger partial charge on any atom is 0.127 e. The lowest BCUT2D eigenvalue weighted by Gasteiger charge is -2.36. The topological polar surface area (TPSA) is 17.8 Å². The van der Waals surface area contributed by atoms with E-state index in [1.54, 1.807) is 0 Å². The number of hydrogen-bond acceptors (Lipinski definition) is 1. The van der Waals surface area contributed by atoms with E-state index in [2.05, 4.69) is 132 Å². The molecular formula is C38H35BN2Si. The SMILES string of the molecule is CCCc1cccc([Si]C(c2ccccc2)(c2ccccc2)n2ccnc2)c1.[B]C(c1ccccc1)c1ccccc1. The van der Waals surface area contributed by atoms with Gasteiger partial charge in [-0.1, -0.05) is 164 Å². The molecule has 0 atom stereocenters. The molecule has 1 aromatic heterocycles. The van der Waals surface area contributed by atoms with Gasteiger partial charge in [0.15, 0.2) is 0 Å². The molecule has 6 aromatic rings. The average Bonchev–Trinajstić information content (AvgIpc) is 3.61. The van der Waals surface area contributed by atoms with E-state index in [1.807, 2.05) is 48.9 Å². The molecule has 1 heterocycles. The first-order chi connectivity index (χ1) is 20.7. The van der Waals surface area contributed by atoms with Gasteiger partial charge in [0.1, 0.15) is 9.52 Å². The second kappa shape index (κ2) is 14.5. The summed E-state index contributed by atoms with van der Waals surface area (Å²) in [6.07, 6.45) is 8.19. The van der Waals surface area contributed by atoms with Gasteiger partial charge in [0.05, 0.1) is 19.3 Å². The number of aryl methyl sites for hydroxylation is 1. The van der Waals surface area contributed by atoms with Crippen LogP contribution in [-0.2, 0) is 11.6 Å². The Bertz CT molecular complexity index is 1530. The number of imidazole rings is 1. The quantitative estimate of drug-likeness (QED) is 0.168. The van der Waals surface area contributed by atoms with Gasteiger partial charge in [-0.05, 0) is 40.1 Å². The molecule has 0 saturated carbocycles. The third-order valence-corrected chi connectivity index (χ3v) is 9.18. The minimum atomic E-state index is -0.316. The molecule has 0 aliphatic carbocycles. The first kappa shape index (κ1) is 29.1. The molecule has 2 nitrogen and oxygen atoms in total. The van der Waals surface area contributed by atoms with E-state index < -0.39 is 0 Å². The first-order valence-corrected chi connectivity index (χ1v) is 15.5. The largest absolute Gasteiger partial charge is 0.326 e. The molecule has 5 aromatic carbocycles. The summed E-state index contributed by atoms with van der Waals surface area (Å²) >= 11 is 0. The highest BCUT2D eigenvalue weighted by atomic mass is 28.2. The smallest absolute Gasteiger partial charge is 0.127 e. The molecule has 0 saturated heterocycles. The zero-order valence-corrected chi connectivity index (χ0v) is 25.1. The lowest BCUT2D eigenvalue weighted by atomic mass is 9.76. The van der Waals surface area contributed by atoms with Crippen molar-refractivity contribution >= 4 is 22.6 Å². The van der Waals surface area contributed by atoms with Crippen LogP contribution in [0.15, 0.2) is 164 Å². The summed E-state index contributed by atoms with van der Waals surface area (Å²) in [6.45, 7) is 2.23. The summed E-state index contributed by atoms with van der Waals surface area (Å²) in [5.74, 6) is -0.0163. The van der Waals surface area contributed by atoms with Crippen LogP contribution in [0, 0.1) is 0 Å². The van der Waals surface area contributed by atoms with Crippen molar-refractivity contribution < 1.29 is 0 Å². The fourth-order valence-corrected chi connectivity index (χ4v) is 7.04. The number of benzene rings is 5. The fraction of sp³-hybridized carbons (Fsp3) is 0.132. The van der Waals surface area contributed by atoms with Gasteiger partial charge >= 0.3 is 0 Å². The van der Waals surface area contributed by atoms with E-state index in [1.165, 1.54) is 21.9 Å². The van der Waals surface area contributed by atoms with Crippen LogP contribution in [0.3, 0.4) is 0 Å². The molecule has 0 unspecified atom stereocenters. The van der Waals surface area contributed by atoms with Crippen LogP contribution in [0.1, 0.15) is 47.0 Å². The molecule has 204 valence electrons. The number of hydrogen-bond donors (Lipinski definition) is 0. The third-order valence-electron chi connectivity index (χ3n) is 7.38. The Hall–Kier alpha value is -4.41. The van der Waals surface area contributed by atoms with Gasteiger partial charge in [-0.2, -0.15) is 0 Å².